The Morgan fingerprint density at radius 1 is 1.38 bits per heavy atom. The average Bonchev–Trinajstić information content (AvgIpc) is 3.40. The Kier molecular flexibility index (Phi) is 5.81. The zero-order valence-electron chi connectivity index (χ0n) is 18.4. The number of anilines is 1. The van der Waals surface area contributed by atoms with E-state index in [2.05, 4.69) is 25.6 Å². The van der Waals surface area contributed by atoms with Gasteiger partial charge in [0.05, 0.1) is 17.9 Å². The van der Waals surface area contributed by atoms with E-state index in [9.17, 15) is 9.18 Å². The molecule has 1 amide bonds. The first kappa shape index (κ1) is 21.7. The third kappa shape index (κ3) is 3.78. The van der Waals surface area contributed by atoms with Gasteiger partial charge in [-0.3, -0.25) is 4.79 Å². The van der Waals surface area contributed by atoms with Crippen LogP contribution in [0.1, 0.15) is 12.5 Å². The van der Waals surface area contributed by atoms with E-state index in [0.29, 0.717) is 17.0 Å². The number of nitrogens with zero attached hydrogens (tertiary/aromatic N) is 3. The molecule has 1 aromatic carbocycles. The van der Waals surface area contributed by atoms with Crippen molar-refractivity contribution in [1.82, 2.24) is 24.8 Å². The van der Waals surface area contributed by atoms with E-state index in [1.54, 1.807) is 32.4 Å². The molecule has 4 rings (SSSR count). The predicted octanol–water partition coefficient (Wildman–Crippen LogP) is 2.28. The van der Waals surface area contributed by atoms with Gasteiger partial charge in [-0.2, -0.15) is 0 Å². The molecule has 5 N–H and O–H groups in total. The number of methoxy groups -OCH3 is 1. The lowest BCUT2D eigenvalue weighted by Gasteiger charge is -2.18. The lowest BCUT2D eigenvalue weighted by molar-refractivity contribution is -0.125. The summed E-state index contributed by atoms with van der Waals surface area (Å²) < 4.78 is 21.5. The zero-order chi connectivity index (χ0) is 23.0. The van der Waals surface area contributed by atoms with Crippen LogP contribution in [-0.4, -0.2) is 51.7 Å². The molecule has 4 aromatic rings. The summed E-state index contributed by atoms with van der Waals surface area (Å²) in [6, 6.07) is 5.90. The molecule has 0 bridgehead atoms. The van der Waals surface area contributed by atoms with E-state index in [4.69, 9.17) is 10.5 Å². The van der Waals surface area contributed by atoms with Gasteiger partial charge in [-0.25, -0.2) is 14.4 Å². The fraction of sp³-hybridized carbons (Fsp3) is 0.318. The molecule has 3 aromatic heterocycles. The summed E-state index contributed by atoms with van der Waals surface area (Å²) in [6.07, 6.45) is 1.30. The number of H-pyrrole nitrogens is 1. The Labute approximate surface area is 184 Å². The molecule has 0 radical (unpaired) electrons. The van der Waals surface area contributed by atoms with Crippen molar-refractivity contribution in [1.29, 1.82) is 0 Å². The van der Waals surface area contributed by atoms with Gasteiger partial charge in [0.15, 0.2) is 5.82 Å². The highest BCUT2D eigenvalue weighted by molar-refractivity contribution is 6.07. The smallest absolute Gasteiger partial charge is 0.239 e. The number of aromatic nitrogens is 4. The van der Waals surface area contributed by atoms with Gasteiger partial charge < -0.3 is 30.7 Å². The van der Waals surface area contributed by atoms with Crippen LogP contribution in [0.2, 0.25) is 0 Å². The number of halogens is 1. The summed E-state index contributed by atoms with van der Waals surface area (Å²) in [5, 5.41) is 6.66. The number of ether oxygens (including phenoxy) is 1. The minimum absolute atomic E-state index is 0.0109. The number of hydrogen-bond donors (Lipinski definition) is 4. The number of fused-ring (bicyclic) bond motifs is 3. The van der Waals surface area contributed by atoms with Gasteiger partial charge in [0, 0.05) is 44.4 Å². The Bertz CT molecular complexity index is 1300. The molecule has 0 spiro atoms. The molecule has 0 saturated carbocycles. The number of carbonyl (C=O) groups excluding carboxylic acids is 1. The van der Waals surface area contributed by atoms with Gasteiger partial charge in [0.1, 0.15) is 23.0 Å². The van der Waals surface area contributed by atoms with Gasteiger partial charge in [0.2, 0.25) is 5.91 Å². The summed E-state index contributed by atoms with van der Waals surface area (Å²) in [5.74, 6) is -0.147. The van der Waals surface area contributed by atoms with E-state index < -0.39 is 23.9 Å². The minimum Gasteiger partial charge on any atom is -0.380 e. The topological polar surface area (TPSA) is 123 Å². The maximum absolute atomic E-state index is 14.4. The van der Waals surface area contributed by atoms with E-state index in [1.165, 1.54) is 13.2 Å². The molecule has 3 heterocycles. The number of pyridine rings is 1. The summed E-state index contributed by atoms with van der Waals surface area (Å²) in [6.45, 7) is 1.71. The maximum Gasteiger partial charge on any atom is 0.239 e. The quantitative estimate of drug-likeness (QED) is 0.350. The van der Waals surface area contributed by atoms with Crippen molar-refractivity contribution in [3.05, 3.63) is 42.0 Å². The van der Waals surface area contributed by atoms with Crippen molar-refractivity contribution in [3.8, 4) is 11.3 Å². The van der Waals surface area contributed by atoms with Crippen LogP contribution in [0.4, 0.5) is 10.2 Å². The highest BCUT2D eigenvalue weighted by atomic mass is 19.1. The second-order valence-electron chi connectivity index (χ2n) is 7.70. The van der Waals surface area contributed by atoms with E-state index in [0.717, 1.165) is 27.7 Å². The number of amides is 1. The molecule has 10 heteroatoms. The SMILES string of the molecule is CNc1nc2[nH]c(-c3ccc(F)c(CNC(=O)[C@@H](N)[C@@H](C)OC)c3)cc2c2c1ncn2C. The normalized spacial score (nSPS) is 13.4. The van der Waals surface area contributed by atoms with Crippen molar-refractivity contribution in [2.75, 3.05) is 19.5 Å². The lowest BCUT2D eigenvalue weighted by atomic mass is 10.1. The molecule has 0 aliphatic heterocycles. The first-order valence-corrected chi connectivity index (χ1v) is 10.2. The van der Waals surface area contributed by atoms with Crippen LogP contribution in [-0.2, 0) is 23.1 Å². The van der Waals surface area contributed by atoms with Crippen LogP contribution >= 0.6 is 0 Å². The first-order chi connectivity index (χ1) is 15.3. The van der Waals surface area contributed by atoms with Crippen molar-refractivity contribution >= 4 is 33.8 Å². The minimum atomic E-state index is -0.839. The van der Waals surface area contributed by atoms with Gasteiger partial charge >= 0.3 is 0 Å². The highest BCUT2D eigenvalue weighted by Crippen LogP contribution is 2.32. The number of nitrogens with two attached hydrogens (primary N) is 1. The number of benzene rings is 1. The van der Waals surface area contributed by atoms with Crippen molar-refractivity contribution in [2.24, 2.45) is 12.8 Å². The summed E-state index contributed by atoms with van der Waals surface area (Å²) >= 11 is 0. The van der Waals surface area contributed by atoms with Crippen molar-refractivity contribution in [2.45, 2.75) is 25.6 Å². The molecular weight excluding hydrogens is 413 g/mol. The van der Waals surface area contributed by atoms with Crippen LogP contribution < -0.4 is 16.4 Å². The van der Waals surface area contributed by atoms with Gasteiger partial charge in [-0.05, 0) is 36.8 Å². The zero-order valence-corrected chi connectivity index (χ0v) is 18.4. The van der Waals surface area contributed by atoms with E-state index in [1.807, 2.05) is 17.7 Å². The number of aryl methyl sites for hydroxylation is 1. The maximum atomic E-state index is 14.4. The Hall–Kier alpha value is -3.50. The van der Waals surface area contributed by atoms with Crippen LogP contribution in [0.5, 0.6) is 0 Å². The lowest BCUT2D eigenvalue weighted by Crippen LogP contribution is -2.47. The van der Waals surface area contributed by atoms with Gasteiger partial charge in [0.25, 0.3) is 0 Å². The predicted molar refractivity (Wildman–Crippen MR) is 122 cm³/mol. The summed E-state index contributed by atoms with van der Waals surface area (Å²) in [4.78, 5) is 24.6. The van der Waals surface area contributed by atoms with Crippen LogP contribution in [0.25, 0.3) is 33.3 Å². The monoisotopic (exact) mass is 439 g/mol. The second kappa shape index (κ2) is 8.56. The molecular formula is C22H26FN7O2. The Morgan fingerprint density at radius 3 is 2.88 bits per heavy atom. The Balaban J connectivity index is 1.67. The molecule has 0 fully saturated rings. The summed E-state index contributed by atoms with van der Waals surface area (Å²) in [7, 11) is 5.20. The molecule has 32 heavy (non-hydrogen) atoms. The van der Waals surface area contributed by atoms with Gasteiger partial charge in [-0.15, -0.1) is 0 Å². The number of imidazole rings is 1. The molecule has 0 aliphatic rings. The second-order valence-corrected chi connectivity index (χ2v) is 7.70. The molecule has 9 nitrogen and oxygen atoms in total. The van der Waals surface area contributed by atoms with Crippen molar-refractivity contribution in [3.63, 3.8) is 0 Å². The third-order valence-electron chi connectivity index (χ3n) is 5.66. The molecule has 0 aliphatic carbocycles. The van der Waals surface area contributed by atoms with E-state index in [-0.39, 0.29) is 6.54 Å². The van der Waals surface area contributed by atoms with E-state index >= 15 is 0 Å². The largest absolute Gasteiger partial charge is 0.380 e. The fourth-order valence-electron chi connectivity index (χ4n) is 3.67. The number of nitrogens with one attached hydrogen (secondary N) is 3. The Morgan fingerprint density at radius 2 is 2.16 bits per heavy atom. The molecule has 2 atom stereocenters. The van der Waals surface area contributed by atoms with Crippen molar-refractivity contribution < 1.29 is 13.9 Å². The van der Waals surface area contributed by atoms with Crippen LogP contribution in [0, 0.1) is 5.82 Å². The molecule has 0 saturated heterocycles. The number of rotatable bonds is 7. The number of aromatic amines is 1. The molecule has 0 unspecified atom stereocenters. The number of carbonyl (C=O) groups is 1. The fourth-order valence-corrected chi connectivity index (χ4v) is 3.67. The average molecular weight is 439 g/mol. The highest BCUT2D eigenvalue weighted by Gasteiger charge is 2.21. The summed E-state index contributed by atoms with van der Waals surface area (Å²) in [5.41, 5.74) is 10.2. The molecule has 168 valence electrons. The van der Waals surface area contributed by atoms with Crippen LogP contribution in [0.3, 0.4) is 0 Å². The standard InChI is InChI=1S/C22H26FN7O2/c1-11(32-4)17(24)22(31)26-9-13-7-12(5-6-15(13)23)16-8-14-19-18(27-10-30(19)3)21(25-2)29-20(14)28-16/h5-8,10-11,17H,9,24H2,1-4H3,(H,26,31)(H2,25,28,29)/t11-,17+/m1/s1. The van der Waals surface area contributed by atoms with Gasteiger partial charge in [-0.1, -0.05) is 0 Å². The third-order valence-corrected chi connectivity index (χ3v) is 5.66. The van der Waals surface area contributed by atoms with Crippen LogP contribution in [0.15, 0.2) is 30.6 Å². The first-order valence-electron chi connectivity index (χ1n) is 10.2. The number of hydrogen-bond acceptors (Lipinski definition) is 6.